The SMILES string of the molecule is CN(C)CCC1(C)CN(C(=O)C2Cc3c(F)cccc3O2)C1. The van der Waals surface area contributed by atoms with Crippen molar-refractivity contribution in [3.8, 4) is 5.75 Å². The minimum atomic E-state index is -0.565. The van der Waals surface area contributed by atoms with Crippen LogP contribution in [0.4, 0.5) is 4.39 Å². The Morgan fingerprint density at radius 2 is 2.18 bits per heavy atom. The molecule has 1 unspecified atom stereocenters. The first-order valence-corrected chi connectivity index (χ1v) is 7.75. The molecule has 0 aliphatic carbocycles. The molecule has 0 radical (unpaired) electrons. The molecule has 0 spiro atoms. The molecule has 2 aliphatic rings. The number of amides is 1. The molecule has 1 aromatic carbocycles. The highest BCUT2D eigenvalue weighted by Gasteiger charge is 2.44. The van der Waals surface area contributed by atoms with Crippen molar-refractivity contribution in [3.63, 3.8) is 0 Å². The normalized spacial score (nSPS) is 22.2. The summed E-state index contributed by atoms with van der Waals surface area (Å²) in [5.41, 5.74) is 0.716. The van der Waals surface area contributed by atoms with Crippen LogP contribution < -0.4 is 4.74 Å². The van der Waals surface area contributed by atoms with Gasteiger partial charge in [-0.25, -0.2) is 4.39 Å². The molecule has 1 fully saturated rings. The van der Waals surface area contributed by atoms with Crippen molar-refractivity contribution in [2.45, 2.75) is 25.9 Å². The largest absolute Gasteiger partial charge is 0.480 e. The van der Waals surface area contributed by atoms with Gasteiger partial charge in [-0.3, -0.25) is 4.79 Å². The van der Waals surface area contributed by atoms with Gasteiger partial charge in [-0.2, -0.15) is 0 Å². The summed E-state index contributed by atoms with van der Waals surface area (Å²) >= 11 is 0. The molecule has 1 atom stereocenters. The highest BCUT2D eigenvalue weighted by atomic mass is 19.1. The van der Waals surface area contributed by atoms with Gasteiger partial charge in [0, 0.05) is 30.5 Å². The van der Waals surface area contributed by atoms with Gasteiger partial charge in [0.15, 0.2) is 6.10 Å². The number of ether oxygens (including phenoxy) is 1. The molecule has 120 valence electrons. The van der Waals surface area contributed by atoms with Crippen molar-refractivity contribution in [3.05, 3.63) is 29.6 Å². The zero-order valence-electron chi connectivity index (χ0n) is 13.4. The number of fused-ring (bicyclic) bond motifs is 1. The van der Waals surface area contributed by atoms with Gasteiger partial charge in [0.2, 0.25) is 0 Å². The van der Waals surface area contributed by atoms with E-state index in [2.05, 4.69) is 25.9 Å². The predicted octanol–water partition coefficient (Wildman–Crippen LogP) is 1.93. The average Bonchev–Trinajstić information content (AvgIpc) is 2.87. The Morgan fingerprint density at radius 1 is 1.45 bits per heavy atom. The monoisotopic (exact) mass is 306 g/mol. The molecular formula is C17H23FN2O2. The second kappa shape index (κ2) is 5.54. The first-order valence-electron chi connectivity index (χ1n) is 7.75. The molecule has 1 amide bonds. The van der Waals surface area contributed by atoms with Crippen LogP contribution in [0, 0.1) is 11.2 Å². The second-order valence-electron chi connectivity index (χ2n) is 7.09. The van der Waals surface area contributed by atoms with E-state index in [0.717, 1.165) is 26.1 Å². The highest BCUT2D eigenvalue weighted by molar-refractivity contribution is 5.83. The van der Waals surface area contributed by atoms with Crippen LogP contribution >= 0.6 is 0 Å². The van der Waals surface area contributed by atoms with E-state index in [1.165, 1.54) is 6.07 Å². The van der Waals surface area contributed by atoms with Gasteiger partial charge in [-0.1, -0.05) is 13.0 Å². The maximum absolute atomic E-state index is 13.7. The lowest BCUT2D eigenvalue weighted by atomic mass is 9.78. The van der Waals surface area contributed by atoms with E-state index in [1.807, 2.05) is 4.90 Å². The van der Waals surface area contributed by atoms with Crippen LogP contribution in [-0.2, 0) is 11.2 Å². The van der Waals surface area contributed by atoms with Gasteiger partial charge in [0.1, 0.15) is 11.6 Å². The third-order valence-electron chi connectivity index (χ3n) is 4.63. The summed E-state index contributed by atoms with van der Waals surface area (Å²) < 4.78 is 19.3. The molecule has 0 saturated carbocycles. The number of hydrogen-bond donors (Lipinski definition) is 0. The fraction of sp³-hybridized carbons (Fsp3) is 0.588. The van der Waals surface area contributed by atoms with Crippen molar-refractivity contribution >= 4 is 5.91 Å². The third kappa shape index (κ3) is 2.82. The molecule has 2 aliphatic heterocycles. The van der Waals surface area contributed by atoms with E-state index in [9.17, 15) is 9.18 Å². The number of carbonyl (C=O) groups is 1. The lowest BCUT2D eigenvalue weighted by Gasteiger charge is -2.49. The number of halogens is 1. The van der Waals surface area contributed by atoms with E-state index in [-0.39, 0.29) is 17.1 Å². The maximum atomic E-state index is 13.7. The molecule has 0 bridgehead atoms. The van der Waals surface area contributed by atoms with Crippen LogP contribution in [0.25, 0.3) is 0 Å². The summed E-state index contributed by atoms with van der Waals surface area (Å²) in [7, 11) is 4.12. The first-order chi connectivity index (χ1) is 10.4. The van der Waals surface area contributed by atoms with E-state index < -0.39 is 6.10 Å². The van der Waals surface area contributed by atoms with Crippen LogP contribution in [0.1, 0.15) is 18.9 Å². The van der Waals surface area contributed by atoms with Crippen LogP contribution in [0.3, 0.4) is 0 Å². The Labute approximate surface area is 130 Å². The third-order valence-corrected chi connectivity index (χ3v) is 4.63. The van der Waals surface area contributed by atoms with Crippen molar-refractivity contribution in [1.82, 2.24) is 9.80 Å². The molecule has 0 N–H and O–H groups in total. The molecule has 5 heteroatoms. The summed E-state index contributed by atoms with van der Waals surface area (Å²) in [5.74, 6) is 0.208. The van der Waals surface area contributed by atoms with Crippen LogP contribution in [-0.4, -0.2) is 55.5 Å². The number of benzene rings is 1. The molecule has 0 aromatic heterocycles. The first kappa shape index (κ1) is 15.3. The topological polar surface area (TPSA) is 32.8 Å². The number of hydrogen-bond acceptors (Lipinski definition) is 3. The quantitative estimate of drug-likeness (QED) is 0.852. The van der Waals surface area contributed by atoms with Crippen LogP contribution in [0.15, 0.2) is 18.2 Å². The fourth-order valence-corrected chi connectivity index (χ4v) is 3.25. The fourth-order valence-electron chi connectivity index (χ4n) is 3.25. The number of likely N-dealkylation sites (tertiary alicyclic amines) is 1. The second-order valence-corrected chi connectivity index (χ2v) is 7.09. The van der Waals surface area contributed by atoms with Gasteiger partial charge >= 0.3 is 0 Å². The molecule has 2 heterocycles. The Hall–Kier alpha value is -1.62. The standard InChI is InChI=1S/C17H23FN2O2/c1-17(7-8-19(2)3)10-20(11-17)16(21)15-9-12-13(18)5-4-6-14(12)22-15/h4-6,15H,7-11H2,1-3H3. The van der Waals surface area contributed by atoms with Crippen molar-refractivity contribution < 1.29 is 13.9 Å². The summed E-state index contributed by atoms with van der Waals surface area (Å²) in [5, 5.41) is 0. The minimum Gasteiger partial charge on any atom is -0.480 e. The Kier molecular flexibility index (Phi) is 3.85. The van der Waals surface area contributed by atoms with Gasteiger partial charge in [-0.15, -0.1) is 0 Å². The van der Waals surface area contributed by atoms with Crippen molar-refractivity contribution in [1.29, 1.82) is 0 Å². The smallest absolute Gasteiger partial charge is 0.264 e. The summed E-state index contributed by atoms with van der Waals surface area (Å²) in [6, 6.07) is 4.75. The highest BCUT2D eigenvalue weighted by Crippen LogP contribution is 2.36. The Bertz CT molecular complexity index is 582. The molecule has 3 rings (SSSR count). The number of carbonyl (C=O) groups excluding carboxylic acids is 1. The summed E-state index contributed by atoms with van der Waals surface area (Å²) in [6.45, 7) is 4.76. The van der Waals surface area contributed by atoms with Gasteiger partial charge in [-0.05, 0) is 39.2 Å². The zero-order chi connectivity index (χ0) is 15.9. The van der Waals surface area contributed by atoms with E-state index in [1.54, 1.807) is 12.1 Å². The number of nitrogens with zero attached hydrogens (tertiary/aromatic N) is 2. The van der Waals surface area contributed by atoms with Gasteiger partial charge in [0.25, 0.3) is 5.91 Å². The molecule has 22 heavy (non-hydrogen) atoms. The number of rotatable bonds is 4. The lowest BCUT2D eigenvalue weighted by molar-refractivity contribution is -0.149. The van der Waals surface area contributed by atoms with Gasteiger partial charge < -0.3 is 14.5 Å². The average molecular weight is 306 g/mol. The minimum absolute atomic E-state index is 0.0158. The molecule has 4 nitrogen and oxygen atoms in total. The van der Waals surface area contributed by atoms with E-state index >= 15 is 0 Å². The summed E-state index contributed by atoms with van der Waals surface area (Å²) in [6.07, 6.45) is 0.848. The zero-order valence-corrected chi connectivity index (χ0v) is 13.4. The summed E-state index contributed by atoms with van der Waals surface area (Å²) in [4.78, 5) is 16.5. The molecular weight excluding hydrogens is 283 g/mol. The van der Waals surface area contributed by atoms with Gasteiger partial charge in [0.05, 0.1) is 0 Å². The van der Waals surface area contributed by atoms with Crippen LogP contribution in [0.5, 0.6) is 5.75 Å². The predicted molar refractivity (Wildman–Crippen MR) is 82.4 cm³/mol. The van der Waals surface area contributed by atoms with E-state index in [0.29, 0.717) is 17.7 Å². The Morgan fingerprint density at radius 3 is 2.82 bits per heavy atom. The van der Waals surface area contributed by atoms with E-state index in [4.69, 9.17) is 4.74 Å². The Balaban J connectivity index is 1.56. The maximum Gasteiger partial charge on any atom is 0.264 e. The van der Waals surface area contributed by atoms with Crippen molar-refractivity contribution in [2.24, 2.45) is 5.41 Å². The van der Waals surface area contributed by atoms with Crippen LogP contribution in [0.2, 0.25) is 0 Å². The van der Waals surface area contributed by atoms with Crippen molar-refractivity contribution in [2.75, 3.05) is 33.7 Å². The molecule has 1 saturated heterocycles. The lowest BCUT2D eigenvalue weighted by Crippen LogP contribution is -2.60. The molecule has 1 aromatic rings.